The lowest BCUT2D eigenvalue weighted by Gasteiger charge is -2.12. The summed E-state index contributed by atoms with van der Waals surface area (Å²) >= 11 is 0. The zero-order valence-electron chi connectivity index (χ0n) is 15.9. The number of benzene rings is 2. The first-order chi connectivity index (χ1) is 13.0. The van der Waals surface area contributed by atoms with Crippen LogP contribution in [0.1, 0.15) is 35.3 Å². The van der Waals surface area contributed by atoms with E-state index in [1.807, 2.05) is 45.0 Å². The third-order valence-electron chi connectivity index (χ3n) is 3.85. The standard InChI is InChI=1S/C21H25NO5/c1-4-25-18-11-10-16(12-19(18)26-5-2)21(24)27-14-20(23)22-13-17-9-7-6-8-15(17)3/h6-12H,4-5,13-14H2,1-3H3,(H,22,23). The molecule has 1 N–H and O–H groups in total. The fourth-order valence-corrected chi connectivity index (χ4v) is 2.45. The van der Waals surface area contributed by atoms with Crippen LogP contribution in [-0.4, -0.2) is 31.7 Å². The Morgan fingerprint density at radius 1 is 0.963 bits per heavy atom. The number of carbonyl (C=O) groups is 2. The minimum absolute atomic E-state index is 0.300. The highest BCUT2D eigenvalue weighted by atomic mass is 16.5. The fraction of sp³-hybridized carbons (Fsp3) is 0.333. The molecule has 0 atom stereocenters. The van der Waals surface area contributed by atoms with Crippen LogP contribution in [0.25, 0.3) is 0 Å². The smallest absolute Gasteiger partial charge is 0.338 e. The topological polar surface area (TPSA) is 73.9 Å². The molecule has 0 aliphatic rings. The van der Waals surface area contributed by atoms with Crippen LogP contribution < -0.4 is 14.8 Å². The summed E-state index contributed by atoms with van der Waals surface area (Å²) < 4.78 is 16.1. The van der Waals surface area contributed by atoms with Crippen molar-refractivity contribution in [3.63, 3.8) is 0 Å². The largest absolute Gasteiger partial charge is 0.490 e. The van der Waals surface area contributed by atoms with Crippen LogP contribution in [0, 0.1) is 6.92 Å². The van der Waals surface area contributed by atoms with Crippen LogP contribution in [0.4, 0.5) is 0 Å². The molecule has 144 valence electrons. The maximum Gasteiger partial charge on any atom is 0.338 e. The van der Waals surface area contributed by atoms with Crippen molar-refractivity contribution in [1.29, 1.82) is 0 Å². The summed E-state index contributed by atoms with van der Waals surface area (Å²) in [5.41, 5.74) is 2.41. The molecular weight excluding hydrogens is 346 g/mol. The molecule has 6 heteroatoms. The summed E-state index contributed by atoms with van der Waals surface area (Å²) in [5, 5.41) is 2.74. The molecule has 1 amide bonds. The van der Waals surface area contributed by atoms with E-state index in [0.29, 0.717) is 36.8 Å². The lowest BCUT2D eigenvalue weighted by molar-refractivity contribution is -0.124. The van der Waals surface area contributed by atoms with Gasteiger partial charge in [-0.3, -0.25) is 4.79 Å². The molecule has 0 aliphatic carbocycles. The summed E-state index contributed by atoms with van der Waals surface area (Å²) in [4.78, 5) is 24.1. The van der Waals surface area contributed by atoms with Crippen molar-refractivity contribution in [3.05, 3.63) is 59.2 Å². The lowest BCUT2D eigenvalue weighted by atomic mass is 10.1. The van der Waals surface area contributed by atoms with E-state index in [1.165, 1.54) is 0 Å². The van der Waals surface area contributed by atoms with E-state index in [4.69, 9.17) is 14.2 Å². The number of esters is 1. The van der Waals surface area contributed by atoms with Gasteiger partial charge in [0.1, 0.15) is 0 Å². The quantitative estimate of drug-likeness (QED) is 0.685. The van der Waals surface area contributed by atoms with Gasteiger partial charge in [0.15, 0.2) is 18.1 Å². The molecule has 27 heavy (non-hydrogen) atoms. The monoisotopic (exact) mass is 371 g/mol. The summed E-state index contributed by atoms with van der Waals surface area (Å²) in [6.07, 6.45) is 0. The summed E-state index contributed by atoms with van der Waals surface area (Å²) in [5.74, 6) is 0.0808. The third kappa shape index (κ3) is 6.02. The van der Waals surface area contributed by atoms with Crippen LogP contribution in [0.15, 0.2) is 42.5 Å². The van der Waals surface area contributed by atoms with Crippen molar-refractivity contribution in [1.82, 2.24) is 5.32 Å². The number of amides is 1. The number of nitrogens with one attached hydrogen (secondary N) is 1. The average molecular weight is 371 g/mol. The molecule has 0 spiro atoms. The van der Waals surface area contributed by atoms with Gasteiger partial charge in [-0.1, -0.05) is 24.3 Å². The molecule has 2 aromatic carbocycles. The van der Waals surface area contributed by atoms with E-state index in [2.05, 4.69) is 5.32 Å². The molecule has 0 saturated heterocycles. The van der Waals surface area contributed by atoms with Crippen LogP contribution in [0.5, 0.6) is 11.5 Å². The normalized spacial score (nSPS) is 10.2. The Morgan fingerprint density at radius 3 is 2.37 bits per heavy atom. The second-order valence-corrected chi connectivity index (χ2v) is 5.81. The first-order valence-electron chi connectivity index (χ1n) is 8.93. The molecule has 0 bridgehead atoms. The average Bonchev–Trinajstić information content (AvgIpc) is 2.67. The van der Waals surface area contributed by atoms with Gasteiger partial charge >= 0.3 is 5.97 Å². The Bertz CT molecular complexity index is 788. The second-order valence-electron chi connectivity index (χ2n) is 5.81. The van der Waals surface area contributed by atoms with E-state index >= 15 is 0 Å². The van der Waals surface area contributed by atoms with Gasteiger partial charge in [0, 0.05) is 6.54 Å². The molecule has 2 aromatic rings. The van der Waals surface area contributed by atoms with Crippen molar-refractivity contribution in [2.45, 2.75) is 27.3 Å². The maximum atomic E-state index is 12.2. The number of hydrogen-bond acceptors (Lipinski definition) is 5. The minimum atomic E-state index is -0.593. The first kappa shape index (κ1) is 20.3. The Labute approximate surface area is 159 Å². The van der Waals surface area contributed by atoms with Crippen LogP contribution >= 0.6 is 0 Å². The first-order valence-corrected chi connectivity index (χ1v) is 8.93. The highest BCUT2D eigenvalue weighted by molar-refractivity contribution is 5.92. The van der Waals surface area contributed by atoms with Crippen molar-refractivity contribution in [2.75, 3.05) is 19.8 Å². The highest BCUT2D eigenvalue weighted by Crippen LogP contribution is 2.28. The van der Waals surface area contributed by atoms with E-state index < -0.39 is 5.97 Å². The van der Waals surface area contributed by atoms with Crippen LogP contribution in [0.2, 0.25) is 0 Å². The van der Waals surface area contributed by atoms with Gasteiger partial charge in [0.25, 0.3) is 5.91 Å². The van der Waals surface area contributed by atoms with E-state index in [9.17, 15) is 9.59 Å². The van der Waals surface area contributed by atoms with Gasteiger partial charge in [0.2, 0.25) is 0 Å². The van der Waals surface area contributed by atoms with E-state index in [-0.39, 0.29) is 12.5 Å². The Hall–Kier alpha value is -3.02. The molecule has 0 unspecified atom stereocenters. The molecule has 2 rings (SSSR count). The minimum Gasteiger partial charge on any atom is -0.490 e. The maximum absolute atomic E-state index is 12.2. The van der Waals surface area contributed by atoms with Gasteiger partial charge in [-0.15, -0.1) is 0 Å². The van der Waals surface area contributed by atoms with Crippen LogP contribution in [0.3, 0.4) is 0 Å². The lowest BCUT2D eigenvalue weighted by Crippen LogP contribution is -2.28. The predicted molar refractivity (Wildman–Crippen MR) is 102 cm³/mol. The summed E-state index contributed by atoms with van der Waals surface area (Å²) in [6.45, 7) is 6.67. The third-order valence-corrected chi connectivity index (χ3v) is 3.85. The van der Waals surface area contributed by atoms with Crippen molar-refractivity contribution in [2.24, 2.45) is 0 Å². The molecule has 0 saturated carbocycles. The van der Waals surface area contributed by atoms with E-state index in [0.717, 1.165) is 11.1 Å². The van der Waals surface area contributed by atoms with Crippen molar-refractivity contribution in [3.8, 4) is 11.5 Å². The zero-order chi connectivity index (χ0) is 19.6. The summed E-state index contributed by atoms with van der Waals surface area (Å²) in [6, 6.07) is 12.6. The predicted octanol–water partition coefficient (Wildman–Crippen LogP) is 3.27. The van der Waals surface area contributed by atoms with Gasteiger partial charge in [-0.25, -0.2) is 4.79 Å². The molecule has 0 aromatic heterocycles. The molecule has 6 nitrogen and oxygen atoms in total. The highest BCUT2D eigenvalue weighted by Gasteiger charge is 2.14. The van der Waals surface area contributed by atoms with Crippen LogP contribution in [-0.2, 0) is 16.1 Å². The Balaban J connectivity index is 1.90. The number of rotatable bonds is 9. The fourth-order valence-electron chi connectivity index (χ4n) is 2.45. The van der Waals surface area contributed by atoms with Gasteiger partial charge in [-0.2, -0.15) is 0 Å². The second kappa shape index (κ2) is 10.2. The van der Waals surface area contributed by atoms with Gasteiger partial charge in [0.05, 0.1) is 18.8 Å². The summed E-state index contributed by atoms with van der Waals surface area (Å²) in [7, 11) is 0. The molecule has 0 fully saturated rings. The number of aryl methyl sites for hydroxylation is 1. The van der Waals surface area contributed by atoms with Gasteiger partial charge in [-0.05, 0) is 50.1 Å². The number of carbonyl (C=O) groups excluding carboxylic acids is 2. The molecule has 0 aliphatic heterocycles. The zero-order valence-corrected chi connectivity index (χ0v) is 15.9. The molecule has 0 radical (unpaired) electrons. The molecule has 0 heterocycles. The number of ether oxygens (including phenoxy) is 3. The van der Waals surface area contributed by atoms with Gasteiger partial charge < -0.3 is 19.5 Å². The van der Waals surface area contributed by atoms with Crippen molar-refractivity contribution >= 4 is 11.9 Å². The number of hydrogen-bond donors (Lipinski definition) is 1. The molecular formula is C21H25NO5. The Morgan fingerprint density at radius 2 is 1.67 bits per heavy atom. The SMILES string of the molecule is CCOc1ccc(C(=O)OCC(=O)NCc2ccccc2C)cc1OCC. The Kier molecular flexibility index (Phi) is 7.67. The van der Waals surface area contributed by atoms with Crippen molar-refractivity contribution < 1.29 is 23.8 Å². The van der Waals surface area contributed by atoms with E-state index in [1.54, 1.807) is 18.2 Å².